The largest absolute Gasteiger partial charge is 0.0622 e. The number of hydrogen-bond acceptors (Lipinski definition) is 0. The first kappa shape index (κ1) is 14.6. The number of aryl methyl sites for hydroxylation is 1. The highest BCUT2D eigenvalue weighted by atomic mass is 14.3. The van der Waals surface area contributed by atoms with Crippen molar-refractivity contribution in [3.05, 3.63) is 107 Å². The van der Waals surface area contributed by atoms with Crippen LogP contribution in [-0.4, -0.2) is 0 Å². The van der Waals surface area contributed by atoms with E-state index >= 15 is 0 Å². The van der Waals surface area contributed by atoms with Crippen molar-refractivity contribution >= 4 is 0 Å². The Bertz CT molecular complexity index is 657. The molecule has 1 atom stereocenters. The standard InChI is InChI=1S/C22H22/c1-17-13-15-19(16-14-17)18(2)22(20-9-5-3-6-10-20)21-11-7-4-8-12-21/h3-16,18,22H,1-2H3. The lowest BCUT2D eigenvalue weighted by molar-refractivity contribution is 0.657. The summed E-state index contributed by atoms with van der Waals surface area (Å²) in [4.78, 5) is 0. The van der Waals surface area contributed by atoms with Crippen LogP contribution < -0.4 is 0 Å². The van der Waals surface area contributed by atoms with Gasteiger partial charge < -0.3 is 0 Å². The minimum Gasteiger partial charge on any atom is -0.0622 e. The third-order valence-electron chi connectivity index (χ3n) is 4.42. The molecule has 0 saturated heterocycles. The molecule has 0 nitrogen and oxygen atoms in total. The average Bonchev–Trinajstić information content (AvgIpc) is 2.57. The molecule has 0 bridgehead atoms. The van der Waals surface area contributed by atoms with Gasteiger partial charge in [0.1, 0.15) is 0 Å². The van der Waals surface area contributed by atoms with Gasteiger partial charge in [0.05, 0.1) is 0 Å². The van der Waals surface area contributed by atoms with Gasteiger partial charge in [-0.25, -0.2) is 0 Å². The molecular weight excluding hydrogens is 264 g/mol. The van der Waals surface area contributed by atoms with Crippen molar-refractivity contribution in [3.8, 4) is 0 Å². The number of rotatable bonds is 4. The fourth-order valence-corrected chi connectivity index (χ4v) is 3.15. The zero-order valence-corrected chi connectivity index (χ0v) is 13.2. The lowest BCUT2D eigenvalue weighted by Crippen LogP contribution is -2.10. The summed E-state index contributed by atoms with van der Waals surface area (Å²) in [6.45, 7) is 4.47. The highest BCUT2D eigenvalue weighted by Gasteiger charge is 2.22. The number of hydrogen-bond donors (Lipinski definition) is 0. The van der Waals surface area contributed by atoms with Gasteiger partial charge in [-0.05, 0) is 29.5 Å². The topological polar surface area (TPSA) is 0 Å². The molecule has 3 rings (SSSR count). The highest BCUT2D eigenvalue weighted by Crippen LogP contribution is 2.38. The fourth-order valence-electron chi connectivity index (χ4n) is 3.15. The molecule has 0 spiro atoms. The summed E-state index contributed by atoms with van der Waals surface area (Å²) in [7, 11) is 0. The van der Waals surface area contributed by atoms with E-state index in [-0.39, 0.29) is 0 Å². The smallest absolute Gasteiger partial charge is 0.0155 e. The Morgan fingerprint density at radius 2 is 1.00 bits per heavy atom. The SMILES string of the molecule is Cc1ccc(C(C)C(c2ccccc2)c2ccccc2)cc1. The second kappa shape index (κ2) is 6.62. The van der Waals surface area contributed by atoms with E-state index in [0.29, 0.717) is 11.8 Å². The van der Waals surface area contributed by atoms with E-state index < -0.39 is 0 Å². The molecule has 0 fully saturated rings. The molecule has 110 valence electrons. The van der Waals surface area contributed by atoms with Crippen molar-refractivity contribution in [2.24, 2.45) is 0 Å². The van der Waals surface area contributed by atoms with Gasteiger partial charge in [0.15, 0.2) is 0 Å². The fraction of sp³-hybridized carbons (Fsp3) is 0.182. The summed E-state index contributed by atoms with van der Waals surface area (Å²) < 4.78 is 0. The van der Waals surface area contributed by atoms with Gasteiger partial charge in [0.2, 0.25) is 0 Å². The van der Waals surface area contributed by atoms with Crippen LogP contribution in [0.1, 0.15) is 41.0 Å². The Balaban J connectivity index is 2.04. The summed E-state index contributed by atoms with van der Waals surface area (Å²) in [6.07, 6.45) is 0. The minimum absolute atomic E-state index is 0.380. The van der Waals surface area contributed by atoms with Crippen LogP contribution in [0.25, 0.3) is 0 Å². The third-order valence-corrected chi connectivity index (χ3v) is 4.42. The molecule has 0 amide bonds. The van der Waals surface area contributed by atoms with Gasteiger partial charge in [0.25, 0.3) is 0 Å². The summed E-state index contributed by atoms with van der Waals surface area (Å²) in [5, 5.41) is 0. The maximum atomic E-state index is 2.33. The highest BCUT2D eigenvalue weighted by molar-refractivity contribution is 5.38. The molecule has 1 unspecified atom stereocenters. The Labute approximate surface area is 133 Å². The summed E-state index contributed by atoms with van der Waals surface area (Å²) in [5.74, 6) is 0.815. The van der Waals surface area contributed by atoms with Gasteiger partial charge >= 0.3 is 0 Å². The molecule has 0 aliphatic rings. The van der Waals surface area contributed by atoms with Crippen molar-refractivity contribution < 1.29 is 0 Å². The predicted molar refractivity (Wildman–Crippen MR) is 94.3 cm³/mol. The second-order valence-electron chi connectivity index (χ2n) is 6.00. The van der Waals surface area contributed by atoms with Crippen LogP contribution in [0.4, 0.5) is 0 Å². The van der Waals surface area contributed by atoms with Crippen LogP contribution >= 0.6 is 0 Å². The Kier molecular flexibility index (Phi) is 4.39. The van der Waals surface area contributed by atoms with Crippen LogP contribution in [0, 0.1) is 6.92 Å². The van der Waals surface area contributed by atoms with Crippen molar-refractivity contribution in [2.45, 2.75) is 25.7 Å². The van der Waals surface area contributed by atoms with Gasteiger partial charge in [-0.3, -0.25) is 0 Å². The second-order valence-corrected chi connectivity index (χ2v) is 6.00. The summed E-state index contributed by atoms with van der Waals surface area (Å²) in [6, 6.07) is 30.6. The molecular formula is C22H22. The molecule has 22 heavy (non-hydrogen) atoms. The third kappa shape index (κ3) is 3.12. The molecule has 0 heterocycles. The van der Waals surface area contributed by atoms with Crippen LogP contribution in [-0.2, 0) is 0 Å². The molecule has 0 saturated carbocycles. The molecule has 0 aliphatic heterocycles. The number of benzene rings is 3. The molecule has 3 aromatic rings. The Morgan fingerprint density at radius 3 is 1.45 bits per heavy atom. The maximum Gasteiger partial charge on any atom is 0.0155 e. The summed E-state index contributed by atoms with van der Waals surface area (Å²) >= 11 is 0. The van der Waals surface area contributed by atoms with Gasteiger partial charge in [-0.2, -0.15) is 0 Å². The molecule has 0 radical (unpaired) electrons. The van der Waals surface area contributed by atoms with Crippen LogP contribution in [0.15, 0.2) is 84.9 Å². The lowest BCUT2D eigenvalue weighted by atomic mass is 9.78. The van der Waals surface area contributed by atoms with Crippen LogP contribution in [0.3, 0.4) is 0 Å². The lowest BCUT2D eigenvalue weighted by Gasteiger charge is -2.26. The average molecular weight is 286 g/mol. The van der Waals surface area contributed by atoms with Gasteiger partial charge in [0, 0.05) is 5.92 Å². The predicted octanol–water partition coefficient (Wildman–Crippen LogP) is 5.93. The summed E-state index contributed by atoms with van der Waals surface area (Å²) in [5.41, 5.74) is 5.46. The Hall–Kier alpha value is -2.34. The monoisotopic (exact) mass is 286 g/mol. The zero-order valence-electron chi connectivity index (χ0n) is 13.2. The van der Waals surface area contributed by atoms with Gasteiger partial charge in [-0.15, -0.1) is 0 Å². The molecule has 0 N–H and O–H groups in total. The van der Waals surface area contributed by atoms with E-state index in [1.807, 2.05) is 0 Å². The van der Waals surface area contributed by atoms with E-state index in [1.54, 1.807) is 0 Å². The quantitative estimate of drug-likeness (QED) is 0.557. The van der Waals surface area contributed by atoms with Crippen LogP contribution in [0.5, 0.6) is 0 Å². The minimum atomic E-state index is 0.380. The van der Waals surface area contributed by atoms with Gasteiger partial charge in [-0.1, -0.05) is 97.4 Å². The van der Waals surface area contributed by atoms with Crippen molar-refractivity contribution in [1.29, 1.82) is 0 Å². The van der Waals surface area contributed by atoms with E-state index in [0.717, 1.165) is 0 Å². The molecule has 0 aromatic heterocycles. The molecule has 0 heteroatoms. The Morgan fingerprint density at radius 1 is 0.545 bits per heavy atom. The van der Waals surface area contributed by atoms with Crippen LogP contribution in [0.2, 0.25) is 0 Å². The first-order chi connectivity index (χ1) is 10.8. The van der Waals surface area contributed by atoms with Crippen molar-refractivity contribution in [3.63, 3.8) is 0 Å². The van der Waals surface area contributed by atoms with E-state index in [4.69, 9.17) is 0 Å². The zero-order chi connectivity index (χ0) is 15.4. The van der Waals surface area contributed by atoms with E-state index in [1.165, 1.54) is 22.3 Å². The normalized spacial score (nSPS) is 12.3. The van der Waals surface area contributed by atoms with E-state index in [2.05, 4.69) is 98.8 Å². The molecule has 3 aromatic carbocycles. The first-order valence-electron chi connectivity index (χ1n) is 7.92. The molecule has 0 aliphatic carbocycles. The van der Waals surface area contributed by atoms with Crippen molar-refractivity contribution in [1.82, 2.24) is 0 Å². The van der Waals surface area contributed by atoms with Crippen molar-refractivity contribution in [2.75, 3.05) is 0 Å². The first-order valence-corrected chi connectivity index (χ1v) is 7.92. The van der Waals surface area contributed by atoms with E-state index in [9.17, 15) is 0 Å². The maximum absolute atomic E-state index is 2.33.